The maximum atomic E-state index is 13.4. The van der Waals surface area contributed by atoms with Gasteiger partial charge in [-0.2, -0.15) is 0 Å². The maximum absolute atomic E-state index is 13.4. The van der Waals surface area contributed by atoms with Crippen LogP contribution in [0.5, 0.6) is 0 Å². The number of hydrogen-bond donors (Lipinski definition) is 0. The largest absolute Gasteiger partial charge is 0.261 e. The Morgan fingerprint density at radius 2 is 1.38 bits per heavy atom. The van der Waals surface area contributed by atoms with Crippen LogP contribution in [0.4, 0.5) is 4.39 Å². The van der Waals surface area contributed by atoms with Crippen LogP contribution in [-0.2, 0) is 6.42 Å². The molecule has 0 N–H and O–H groups in total. The first kappa shape index (κ1) is 13.5. The minimum atomic E-state index is -0.285. The van der Waals surface area contributed by atoms with Gasteiger partial charge in [-0.25, -0.2) is 4.39 Å². The Morgan fingerprint density at radius 1 is 0.810 bits per heavy atom. The average molecular weight is 277 g/mol. The molecule has 0 unspecified atom stereocenters. The Balaban J connectivity index is 1.97. The molecule has 0 radical (unpaired) electrons. The van der Waals surface area contributed by atoms with Crippen LogP contribution in [0.2, 0.25) is 0 Å². The van der Waals surface area contributed by atoms with Crippen LogP contribution in [-0.4, -0.2) is 4.98 Å². The van der Waals surface area contributed by atoms with E-state index in [4.69, 9.17) is 0 Å². The fraction of sp³-hybridized carbons (Fsp3) is 0.105. The van der Waals surface area contributed by atoms with Gasteiger partial charge in [0.2, 0.25) is 0 Å². The van der Waals surface area contributed by atoms with Crippen molar-refractivity contribution in [1.29, 1.82) is 0 Å². The van der Waals surface area contributed by atoms with Crippen molar-refractivity contribution in [2.45, 2.75) is 12.3 Å². The second-order valence-corrected chi connectivity index (χ2v) is 5.09. The summed E-state index contributed by atoms with van der Waals surface area (Å²) in [6, 6.07) is 22.2. The summed E-state index contributed by atoms with van der Waals surface area (Å²) in [4.78, 5) is 3.95. The van der Waals surface area contributed by atoms with Crippen molar-refractivity contribution in [3.63, 3.8) is 0 Å². The Kier molecular flexibility index (Phi) is 4.06. The first-order valence-corrected chi connectivity index (χ1v) is 7.02. The zero-order valence-corrected chi connectivity index (χ0v) is 11.6. The predicted molar refractivity (Wildman–Crippen MR) is 82.6 cm³/mol. The molecule has 2 aromatic carbocycles. The zero-order valence-electron chi connectivity index (χ0n) is 11.6. The first-order valence-electron chi connectivity index (χ1n) is 7.02. The molecule has 0 bridgehead atoms. The molecule has 104 valence electrons. The van der Waals surface area contributed by atoms with E-state index in [9.17, 15) is 4.39 Å². The van der Waals surface area contributed by atoms with Gasteiger partial charge in [0.1, 0.15) is 5.82 Å². The lowest BCUT2D eigenvalue weighted by atomic mass is 9.86. The van der Waals surface area contributed by atoms with E-state index < -0.39 is 0 Å². The van der Waals surface area contributed by atoms with Gasteiger partial charge in [-0.15, -0.1) is 0 Å². The fourth-order valence-corrected chi connectivity index (χ4v) is 2.60. The summed E-state index contributed by atoms with van der Waals surface area (Å²) in [5.74, 6) is -0.0802. The first-order chi connectivity index (χ1) is 10.3. The summed E-state index contributed by atoms with van der Waals surface area (Å²) in [5.41, 5.74) is 3.37. The molecule has 0 spiro atoms. The van der Waals surface area contributed by atoms with E-state index in [1.165, 1.54) is 17.3 Å². The van der Waals surface area contributed by atoms with Crippen molar-refractivity contribution in [2.24, 2.45) is 0 Å². The zero-order chi connectivity index (χ0) is 14.5. The molecule has 21 heavy (non-hydrogen) atoms. The summed E-state index contributed by atoms with van der Waals surface area (Å²) >= 11 is 0. The third-order valence-corrected chi connectivity index (χ3v) is 3.61. The van der Waals surface area contributed by atoms with Gasteiger partial charge in [0.15, 0.2) is 0 Å². The molecule has 0 atom stereocenters. The number of pyridine rings is 1. The van der Waals surface area contributed by atoms with Gasteiger partial charge < -0.3 is 0 Å². The van der Waals surface area contributed by atoms with Gasteiger partial charge in [-0.05, 0) is 29.2 Å². The van der Waals surface area contributed by atoms with E-state index in [-0.39, 0.29) is 11.7 Å². The highest BCUT2D eigenvalue weighted by molar-refractivity contribution is 5.34. The maximum Gasteiger partial charge on any atom is 0.141 e. The number of nitrogens with zero attached hydrogens (tertiary/aromatic N) is 1. The van der Waals surface area contributed by atoms with Crippen LogP contribution in [0.3, 0.4) is 0 Å². The van der Waals surface area contributed by atoms with Crippen LogP contribution in [0.25, 0.3) is 0 Å². The SMILES string of the molecule is Fc1cncc(CC(c2ccccc2)c2ccccc2)c1. The topological polar surface area (TPSA) is 12.9 Å². The summed E-state index contributed by atoms with van der Waals surface area (Å²) in [6.45, 7) is 0. The van der Waals surface area contributed by atoms with Crippen LogP contribution in [0.15, 0.2) is 79.1 Å². The molecule has 0 aliphatic carbocycles. The van der Waals surface area contributed by atoms with E-state index in [1.807, 2.05) is 36.4 Å². The van der Waals surface area contributed by atoms with Crippen molar-refractivity contribution >= 4 is 0 Å². The summed E-state index contributed by atoms with van der Waals surface area (Å²) in [6.07, 6.45) is 3.71. The van der Waals surface area contributed by atoms with Crippen molar-refractivity contribution in [3.8, 4) is 0 Å². The molecular formula is C19H16FN. The van der Waals surface area contributed by atoms with Crippen LogP contribution in [0.1, 0.15) is 22.6 Å². The molecule has 3 aromatic rings. The highest BCUT2D eigenvalue weighted by atomic mass is 19.1. The molecular weight excluding hydrogens is 261 g/mol. The number of hydrogen-bond acceptors (Lipinski definition) is 1. The molecule has 3 rings (SSSR count). The minimum Gasteiger partial charge on any atom is -0.261 e. The highest BCUT2D eigenvalue weighted by Crippen LogP contribution is 2.28. The second-order valence-electron chi connectivity index (χ2n) is 5.09. The predicted octanol–water partition coefficient (Wildman–Crippen LogP) is 4.60. The van der Waals surface area contributed by atoms with Gasteiger partial charge >= 0.3 is 0 Å². The monoisotopic (exact) mass is 277 g/mol. The normalized spacial score (nSPS) is 10.8. The van der Waals surface area contributed by atoms with E-state index in [0.29, 0.717) is 0 Å². The van der Waals surface area contributed by atoms with E-state index in [2.05, 4.69) is 29.2 Å². The summed E-state index contributed by atoms with van der Waals surface area (Å²) < 4.78 is 13.4. The molecule has 0 aliphatic rings. The lowest BCUT2D eigenvalue weighted by molar-refractivity contribution is 0.616. The number of aromatic nitrogens is 1. The lowest BCUT2D eigenvalue weighted by Gasteiger charge is -2.18. The van der Waals surface area contributed by atoms with E-state index in [0.717, 1.165) is 12.0 Å². The molecule has 1 aromatic heterocycles. The number of rotatable bonds is 4. The number of benzene rings is 2. The van der Waals surface area contributed by atoms with Crippen LogP contribution < -0.4 is 0 Å². The lowest BCUT2D eigenvalue weighted by Crippen LogP contribution is -2.05. The Labute approximate surface area is 124 Å². The Hall–Kier alpha value is -2.48. The third kappa shape index (κ3) is 3.34. The molecule has 1 nitrogen and oxygen atoms in total. The Morgan fingerprint density at radius 3 is 1.90 bits per heavy atom. The molecule has 0 saturated heterocycles. The van der Waals surface area contributed by atoms with Crippen LogP contribution in [0, 0.1) is 5.82 Å². The van der Waals surface area contributed by atoms with Gasteiger partial charge in [0, 0.05) is 12.1 Å². The standard InChI is InChI=1S/C19H16FN/c20-18-11-15(13-21-14-18)12-19(16-7-3-1-4-8-16)17-9-5-2-6-10-17/h1-11,13-14,19H,12H2. The molecule has 0 amide bonds. The van der Waals surface area contributed by atoms with Gasteiger partial charge in [0.25, 0.3) is 0 Å². The average Bonchev–Trinajstić information content (AvgIpc) is 2.54. The minimum absolute atomic E-state index is 0.205. The molecule has 0 fully saturated rings. The van der Waals surface area contributed by atoms with E-state index >= 15 is 0 Å². The molecule has 1 heterocycles. The third-order valence-electron chi connectivity index (χ3n) is 3.61. The van der Waals surface area contributed by atoms with Gasteiger partial charge in [-0.1, -0.05) is 60.7 Å². The fourth-order valence-electron chi connectivity index (χ4n) is 2.60. The second kappa shape index (κ2) is 6.31. The molecule has 2 heteroatoms. The smallest absolute Gasteiger partial charge is 0.141 e. The number of halogens is 1. The molecule has 0 saturated carbocycles. The van der Waals surface area contributed by atoms with Crippen LogP contribution >= 0.6 is 0 Å². The van der Waals surface area contributed by atoms with E-state index in [1.54, 1.807) is 12.3 Å². The van der Waals surface area contributed by atoms with Crippen molar-refractivity contribution < 1.29 is 4.39 Å². The summed E-state index contributed by atoms with van der Waals surface area (Å²) in [5, 5.41) is 0. The summed E-state index contributed by atoms with van der Waals surface area (Å²) in [7, 11) is 0. The Bertz CT molecular complexity index is 656. The van der Waals surface area contributed by atoms with Gasteiger partial charge in [-0.3, -0.25) is 4.98 Å². The van der Waals surface area contributed by atoms with Crippen molar-refractivity contribution in [3.05, 3.63) is 102 Å². The highest BCUT2D eigenvalue weighted by Gasteiger charge is 2.15. The molecule has 0 aliphatic heterocycles. The quantitative estimate of drug-likeness (QED) is 0.679. The van der Waals surface area contributed by atoms with Crippen molar-refractivity contribution in [1.82, 2.24) is 4.98 Å². The van der Waals surface area contributed by atoms with Crippen molar-refractivity contribution in [2.75, 3.05) is 0 Å². The van der Waals surface area contributed by atoms with Gasteiger partial charge in [0.05, 0.1) is 6.20 Å².